The van der Waals surface area contributed by atoms with Gasteiger partial charge in [-0.05, 0) is 13.3 Å². The van der Waals surface area contributed by atoms with Gasteiger partial charge in [-0.1, -0.05) is 24.2 Å². The highest BCUT2D eigenvalue weighted by atomic mass is 32.1. The highest BCUT2D eigenvalue weighted by Gasteiger charge is 2.17. The second-order valence-electron chi connectivity index (χ2n) is 3.36. The number of terminal acetylenes is 1. The fourth-order valence-electron chi connectivity index (χ4n) is 1.21. The first kappa shape index (κ1) is 13.3. The van der Waals surface area contributed by atoms with Crippen molar-refractivity contribution in [2.75, 3.05) is 17.6 Å². The van der Waals surface area contributed by atoms with Gasteiger partial charge in [0.2, 0.25) is 0 Å². The van der Waals surface area contributed by atoms with Crippen molar-refractivity contribution in [3.05, 3.63) is 4.88 Å². The van der Waals surface area contributed by atoms with E-state index < -0.39 is 0 Å². The average Bonchev–Trinajstić information content (AvgIpc) is 2.67. The molecule has 0 saturated carbocycles. The van der Waals surface area contributed by atoms with Gasteiger partial charge in [-0.2, -0.15) is 0 Å². The molecule has 0 fully saturated rings. The third-order valence-corrected chi connectivity index (χ3v) is 3.13. The van der Waals surface area contributed by atoms with E-state index in [4.69, 9.17) is 12.2 Å². The smallest absolute Gasteiger partial charge is 0.266 e. The topological polar surface area (TPSA) is 80.0 Å². The van der Waals surface area contributed by atoms with E-state index in [9.17, 15) is 4.79 Å². The minimum absolute atomic E-state index is 0.232. The molecule has 92 valence electrons. The fourth-order valence-corrected chi connectivity index (χ4v) is 2.06. The number of thiazole rings is 1. The molecule has 1 rings (SSSR count). The SMILES string of the molecule is C#CC(CC)NC(=O)c1sc(NCC)nc1N. The average molecular weight is 252 g/mol. The molecular weight excluding hydrogens is 236 g/mol. The largest absolute Gasteiger partial charge is 0.382 e. The summed E-state index contributed by atoms with van der Waals surface area (Å²) in [5, 5.41) is 6.37. The van der Waals surface area contributed by atoms with E-state index in [0.29, 0.717) is 16.4 Å². The Bertz CT molecular complexity index is 435. The van der Waals surface area contributed by atoms with Crippen LogP contribution in [0, 0.1) is 12.3 Å². The number of nitrogens with one attached hydrogen (secondary N) is 2. The summed E-state index contributed by atoms with van der Waals surface area (Å²) in [5.74, 6) is 2.46. The highest BCUT2D eigenvalue weighted by Crippen LogP contribution is 2.24. The monoisotopic (exact) mass is 252 g/mol. The molecular formula is C11H16N4OS. The van der Waals surface area contributed by atoms with Gasteiger partial charge in [-0.25, -0.2) is 4.98 Å². The van der Waals surface area contributed by atoms with E-state index in [1.165, 1.54) is 11.3 Å². The van der Waals surface area contributed by atoms with Crippen LogP contribution in [0.15, 0.2) is 0 Å². The van der Waals surface area contributed by atoms with E-state index >= 15 is 0 Å². The molecule has 1 heterocycles. The van der Waals surface area contributed by atoms with Crippen LogP contribution < -0.4 is 16.4 Å². The van der Waals surface area contributed by atoms with Crippen LogP contribution in [-0.4, -0.2) is 23.5 Å². The van der Waals surface area contributed by atoms with Crippen LogP contribution in [-0.2, 0) is 0 Å². The van der Waals surface area contributed by atoms with E-state index in [1.54, 1.807) is 0 Å². The van der Waals surface area contributed by atoms with Crippen LogP contribution in [0.25, 0.3) is 0 Å². The number of amides is 1. The zero-order valence-corrected chi connectivity index (χ0v) is 10.7. The zero-order chi connectivity index (χ0) is 12.8. The van der Waals surface area contributed by atoms with Crippen LogP contribution in [0.3, 0.4) is 0 Å². The maximum absolute atomic E-state index is 11.9. The number of carbonyl (C=O) groups excluding carboxylic acids is 1. The van der Waals surface area contributed by atoms with E-state index in [-0.39, 0.29) is 17.8 Å². The van der Waals surface area contributed by atoms with Gasteiger partial charge in [0.15, 0.2) is 5.13 Å². The van der Waals surface area contributed by atoms with Gasteiger partial charge in [0, 0.05) is 6.54 Å². The Morgan fingerprint density at radius 3 is 2.88 bits per heavy atom. The quantitative estimate of drug-likeness (QED) is 0.690. The van der Waals surface area contributed by atoms with E-state index in [0.717, 1.165) is 6.54 Å². The molecule has 4 N–H and O–H groups in total. The number of carbonyl (C=O) groups is 1. The third kappa shape index (κ3) is 3.36. The summed E-state index contributed by atoms with van der Waals surface area (Å²) in [5.41, 5.74) is 5.68. The van der Waals surface area contributed by atoms with Crippen molar-refractivity contribution in [1.29, 1.82) is 0 Å². The number of nitrogens with zero attached hydrogens (tertiary/aromatic N) is 1. The lowest BCUT2D eigenvalue weighted by Crippen LogP contribution is -2.33. The molecule has 0 spiro atoms. The summed E-state index contributed by atoms with van der Waals surface area (Å²) < 4.78 is 0. The van der Waals surface area contributed by atoms with Gasteiger partial charge >= 0.3 is 0 Å². The molecule has 1 unspecified atom stereocenters. The van der Waals surface area contributed by atoms with Gasteiger partial charge in [0.05, 0.1) is 6.04 Å². The third-order valence-electron chi connectivity index (χ3n) is 2.10. The van der Waals surface area contributed by atoms with Gasteiger partial charge in [0.1, 0.15) is 10.7 Å². The number of anilines is 2. The summed E-state index contributed by atoms with van der Waals surface area (Å²) in [6.45, 7) is 4.59. The Balaban J connectivity index is 2.78. The highest BCUT2D eigenvalue weighted by molar-refractivity contribution is 7.18. The first-order chi connectivity index (χ1) is 8.12. The van der Waals surface area contributed by atoms with E-state index in [1.807, 2.05) is 13.8 Å². The van der Waals surface area contributed by atoms with Crippen LogP contribution in [0.5, 0.6) is 0 Å². The summed E-state index contributed by atoms with van der Waals surface area (Å²) in [4.78, 5) is 16.3. The minimum atomic E-state index is -0.272. The van der Waals surface area contributed by atoms with E-state index in [2.05, 4.69) is 21.5 Å². The van der Waals surface area contributed by atoms with Gasteiger partial charge in [-0.15, -0.1) is 6.42 Å². The number of hydrogen-bond donors (Lipinski definition) is 3. The molecule has 17 heavy (non-hydrogen) atoms. The summed E-state index contributed by atoms with van der Waals surface area (Å²) in [6, 6.07) is -0.272. The maximum atomic E-state index is 11.9. The number of rotatable bonds is 5. The molecule has 6 heteroatoms. The van der Waals surface area contributed by atoms with Gasteiger partial charge < -0.3 is 16.4 Å². The molecule has 1 amide bonds. The van der Waals surface area contributed by atoms with Crippen molar-refractivity contribution >= 4 is 28.2 Å². The van der Waals surface area contributed by atoms with Crippen molar-refractivity contribution in [2.45, 2.75) is 26.3 Å². The molecule has 0 radical (unpaired) electrons. The fraction of sp³-hybridized carbons (Fsp3) is 0.455. The van der Waals surface area contributed by atoms with Crippen molar-refractivity contribution in [3.8, 4) is 12.3 Å². The first-order valence-electron chi connectivity index (χ1n) is 5.39. The van der Waals surface area contributed by atoms with Gasteiger partial charge in [0.25, 0.3) is 5.91 Å². The molecule has 5 nitrogen and oxygen atoms in total. The Morgan fingerprint density at radius 2 is 2.35 bits per heavy atom. The normalized spacial score (nSPS) is 11.6. The number of nitrogens with two attached hydrogens (primary N) is 1. The predicted octanol–water partition coefficient (Wildman–Crippen LogP) is 1.30. The lowest BCUT2D eigenvalue weighted by Gasteiger charge is -2.09. The summed E-state index contributed by atoms with van der Waals surface area (Å²) >= 11 is 1.23. The molecule has 1 aromatic heterocycles. The van der Waals surface area contributed by atoms with Crippen LogP contribution in [0.2, 0.25) is 0 Å². The molecule has 0 aliphatic rings. The van der Waals surface area contributed by atoms with Gasteiger partial charge in [-0.3, -0.25) is 4.79 Å². The standard InChI is InChI=1S/C11H16N4OS/c1-4-7(5-2)14-10(16)8-9(12)15-11(17-8)13-6-3/h1,7H,5-6,12H2,2-3H3,(H,13,15)(H,14,16). The second-order valence-corrected chi connectivity index (χ2v) is 4.36. The molecule has 0 saturated heterocycles. The number of aromatic nitrogens is 1. The lowest BCUT2D eigenvalue weighted by atomic mass is 10.2. The van der Waals surface area contributed by atoms with Crippen molar-refractivity contribution < 1.29 is 4.79 Å². The lowest BCUT2D eigenvalue weighted by molar-refractivity contribution is 0.0950. The Kier molecular flexibility index (Phi) is 4.79. The van der Waals surface area contributed by atoms with Crippen LogP contribution in [0.1, 0.15) is 29.9 Å². The van der Waals surface area contributed by atoms with Crippen molar-refractivity contribution in [1.82, 2.24) is 10.3 Å². The molecule has 1 aromatic rings. The molecule has 1 atom stereocenters. The summed E-state index contributed by atoms with van der Waals surface area (Å²) in [7, 11) is 0. The number of hydrogen-bond acceptors (Lipinski definition) is 5. The first-order valence-corrected chi connectivity index (χ1v) is 6.21. The minimum Gasteiger partial charge on any atom is -0.382 e. The molecule has 0 aliphatic carbocycles. The van der Waals surface area contributed by atoms with Crippen LogP contribution >= 0.6 is 11.3 Å². The predicted molar refractivity (Wildman–Crippen MR) is 71.1 cm³/mol. The number of nitrogen functional groups attached to an aromatic ring is 1. The Labute approximate surface area is 105 Å². The Hall–Kier alpha value is -1.74. The second kappa shape index (κ2) is 6.11. The maximum Gasteiger partial charge on any atom is 0.266 e. The van der Waals surface area contributed by atoms with Crippen LogP contribution in [0.4, 0.5) is 10.9 Å². The molecule has 0 aliphatic heterocycles. The molecule has 0 bridgehead atoms. The summed E-state index contributed by atoms with van der Waals surface area (Å²) in [6.07, 6.45) is 5.96. The van der Waals surface area contributed by atoms with Crippen molar-refractivity contribution in [3.63, 3.8) is 0 Å². The molecule has 0 aromatic carbocycles. The Morgan fingerprint density at radius 1 is 1.65 bits per heavy atom. The van der Waals surface area contributed by atoms with Crippen molar-refractivity contribution in [2.24, 2.45) is 0 Å². The zero-order valence-electron chi connectivity index (χ0n) is 9.91.